The Kier molecular flexibility index (Phi) is 4.77. The van der Waals surface area contributed by atoms with Crippen LogP contribution < -0.4 is 5.43 Å². The minimum atomic E-state index is -0.344. The average molecular weight is 380 g/mol. The number of nitrogens with zero attached hydrogens (tertiary/aromatic N) is 4. The highest BCUT2D eigenvalue weighted by Crippen LogP contribution is 2.30. The second-order valence-corrected chi connectivity index (χ2v) is 7.08. The second-order valence-electron chi connectivity index (χ2n) is 7.08. The lowest BCUT2D eigenvalue weighted by atomic mass is 10.1. The van der Waals surface area contributed by atoms with Gasteiger partial charge in [-0.3, -0.25) is 14.6 Å². The van der Waals surface area contributed by atoms with Crippen LogP contribution in [0, 0.1) is 0 Å². The summed E-state index contributed by atoms with van der Waals surface area (Å²) in [5.74, 6) is -0.292. The summed E-state index contributed by atoms with van der Waals surface area (Å²) >= 11 is 0. The molecule has 0 unspecified atom stereocenters. The first-order chi connectivity index (χ1) is 13.5. The lowest BCUT2D eigenvalue weighted by Gasteiger charge is -2.34. The van der Waals surface area contributed by atoms with Gasteiger partial charge in [0.15, 0.2) is 0 Å². The van der Waals surface area contributed by atoms with Crippen molar-refractivity contribution in [2.75, 3.05) is 32.7 Å². The maximum Gasteiger partial charge on any atom is 0.259 e. The zero-order valence-electron chi connectivity index (χ0n) is 16.2. The molecular formula is C21H24N4O3. The highest BCUT2D eigenvalue weighted by atomic mass is 16.3. The largest absolute Gasteiger partial charge is 0.506 e. The number of likely N-dealkylation sites (N-methyl/N-ethyl adjacent to an activating group) is 1. The lowest BCUT2D eigenvalue weighted by molar-refractivity contribution is 0.0641. The molecule has 3 aromatic rings. The maximum absolute atomic E-state index is 13.2. The van der Waals surface area contributed by atoms with Crippen LogP contribution in [0.2, 0.25) is 0 Å². The van der Waals surface area contributed by atoms with E-state index in [2.05, 4.69) is 16.8 Å². The summed E-state index contributed by atoms with van der Waals surface area (Å²) in [5.41, 5.74) is 0.956. The minimum Gasteiger partial charge on any atom is -0.506 e. The van der Waals surface area contributed by atoms with Crippen LogP contribution in [0.5, 0.6) is 5.75 Å². The highest BCUT2D eigenvalue weighted by molar-refractivity contribution is 6.08. The predicted molar refractivity (Wildman–Crippen MR) is 109 cm³/mol. The molecule has 0 saturated carbocycles. The number of aromatic hydroxyl groups is 1. The Morgan fingerprint density at radius 2 is 1.89 bits per heavy atom. The Morgan fingerprint density at radius 3 is 2.57 bits per heavy atom. The zero-order valence-corrected chi connectivity index (χ0v) is 16.2. The molecule has 146 valence electrons. The topological polar surface area (TPSA) is 78.7 Å². The summed E-state index contributed by atoms with van der Waals surface area (Å²) in [6.45, 7) is 8.48. The number of aromatic nitrogens is 2. The molecule has 0 atom stereocenters. The van der Waals surface area contributed by atoms with Gasteiger partial charge in [-0.1, -0.05) is 6.92 Å². The van der Waals surface area contributed by atoms with Gasteiger partial charge in [0.1, 0.15) is 16.8 Å². The van der Waals surface area contributed by atoms with Gasteiger partial charge in [0.05, 0.1) is 10.9 Å². The molecule has 0 bridgehead atoms. The molecule has 2 aromatic heterocycles. The number of phenols is 1. The number of carbonyl (C=O) groups is 1. The van der Waals surface area contributed by atoms with E-state index in [0.29, 0.717) is 41.4 Å². The van der Waals surface area contributed by atoms with Crippen molar-refractivity contribution >= 4 is 27.7 Å². The Morgan fingerprint density at radius 1 is 1.14 bits per heavy atom. The number of benzene rings is 1. The number of amides is 1. The van der Waals surface area contributed by atoms with Crippen LogP contribution in [0.4, 0.5) is 0 Å². The number of fused-ring (bicyclic) bond motifs is 3. The van der Waals surface area contributed by atoms with Gasteiger partial charge in [-0.2, -0.15) is 0 Å². The summed E-state index contributed by atoms with van der Waals surface area (Å²) in [6.07, 6.45) is 3.26. The first-order valence-corrected chi connectivity index (χ1v) is 9.70. The Balaban J connectivity index is 1.87. The van der Waals surface area contributed by atoms with Crippen molar-refractivity contribution in [1.29, 1.82) is 0 Å². The minimum absolute atomic E-state index is 0.0518. The van der Waals surface area contributed by atoms with Crippen LogP contribution in [0.25, 0.3) is 21.8 Å². The van der Waals surface area contributed by atoms with Crippen molar-refractivity contribution in [3.05, 3.63) is 46.4 Å². The van der Waals surface area contributed by atoms with Gasteiger partial charge in [-0.25, -0.2) is 0 Å². The van der Waals surface area contributed by atoms with Crippen LogP contribution in [0.3, 0.4) is 0 Å². The normalized spacial score (nSPS) is 15.4. The van der Waals surface area contributed by atoms with Crippen LogP contribution >= 0.6 is 0 Å². The average Bonchev–Trinajstić information content (AvgIpc) is 2.74. The van der Waals surface area contributed by atoms with E-state index in [-0.39, 0.29) is 22.6 Å². The van der Waals surface area contributed by atoms with E-state index in [4.69, 9.17) is 0 Å². The molecule has 1 aromatic carbocycles. The van der Waals surface area contributed by atoms with E-state index in [1.54, 1.807) is 23.4 Å². The van der Waals surface area contributed by atoms with Crippen molar-refractivity contribution < 1.29 is 9.90 Å². The third kappa shape index (κ3) is 2.92. The highest BCUT2D eigenvalue weighted by Gasteiger charge is 2.25. The van der Waals surface area contributed by atoms with Gasteiger partial charge in [-0.05, 0) is 31.7 Å². The van der Waals surface area contributed by atoms with E-state index >= 15 is 0 Å². The van der Waals surface area contributed by atoms with Gasteiger partial charge in [-0.15, -0.1) is 0 Å². The molecule has 0 radical (unpaired) electrons. The number of rotatable bonds is 3. The Hall–Kier alpha value is -2.93. The molecule has 1 aliphatic heterocycles. The lowest BCUT2D eigenvalue weighted by Crippen LogP contribution is -2.49. The molecule has 1 aliphatic rings. The molecule has 0 spiro atoms. The fourth-order valence-electron chi connectivity index (χ4n) is 3.96. The number of hydrogen-bond acceptors (Lipinski definition) is 5. The van der Waals surface area contributed by atoms with Crippen molar-refractivity contribution in [2.24, 2.45) is 0 Å². The van der Waals surface area contributed by atoms with E-state index < -0.39 is 0 Å². The van der Waals surface area contributed by atoms with Crippen LogP contribution in [-0.2, 0) is 6.54 Å². The molecular weight excluding hydrogens is 356 g/mol. The molecule has 0 aliphatic carbocycles. The van der Waals surface area contributed by atoms with E-state index in [0.717, 1.165) is 19.6 Å². The molecule has 1 N–H and O–H groups in total. The van der Waals surface area contributed by atoms with Crippen LogP contribution in [0.1, 0.15) is 24.2 Å². The first kappa shape index (κ1) is 18.4. The van der Waals surface area contributed by atoms with E-state index in [1.165, 1.54) is 6.07 Å². The second kappa shape index (κ2) is 7.24. The molecule has 1 amide bonds. The summed E-state index contributed by atoms with van der Waals surface area (Å²) in [7, 11) is 0. The number of carbonyl (C=O) groups excluding carboxylic acids is 1. The van der Waals surface area contributed by atoms with Gasteiger partial charge in [0, 0.05) is 50.5 Å². The van der Waals surface area contributed by atoms with Crippen LogP contribution in [-0.4, -0.2) is 63.1 Å². The standard InChI is InChI=1S/C21H24N4O3/c1-3-23-8-10-25(11-9-23)21(28)16-13-24(4-2)19-14-6-5-7-22-18(14)17(26)12-15(19)20(16)27/h5-7,12-13,26H,3-4,8-11H2,1-2H3. The smallest absolute Gasteiger partial charge is 0.259 e. The molecule has 1 fully saturated rings. The van der Waals surface area contributed by atoms with Crippen molar-refractivity contribution in [2.45, 2.75) is 20.4 Å². The summed E-state index contributed by atoms with van der Waals surface area (Å²) in [5, 5.41) is 11.4. The SMILES string of the molecule is CCN1CCN(C(=O)c2cn(CC)c3c(cc(O)c4ncccc43)c2=O)CC1. The molecule has 28 heavy (non-hydrogen) atoms. The van der Waals surface area contributed by atoms with Crippen molar-refractivity contribution in [3.63, 3.8) is 0 Å². The number of pyridine rings is 2. The fourth-order valence-corrected chi connectivity index (χ4v) is 3.96. The van der Waals surface area contributed by atoms with Gasteiger partial charge in [0.25, 0.3) is 5.91 Å². The third-order valence-corrected chi connectivity index (χ3v) is 5.58. The fraction of sp³-hybridized carbons (Fsp3) is 0.381. The Bertz CT molecular complexity index is 1110. The molecule has 7 nitrogen and oxygen atoms in total. The van der Waals surface area contributed by atoms with Gasteiger partial charge < -0.3 is 19.5 Å². The predicted octanol–water partition coefficient (Wildman–Crippen LogP) is 2.05. The zero-order chi connectivity index (χ0) is 19.8. The van der Waals surface area contributed by atoms with E-state index in [9.17, 15) is 14.7 Å². The summed E-state index contributed by atoms with van der Waals surface area (Å²) < 4.78 is 1.90. The number of phenolic OH excluding ortho intramolecular Hbond substituents is 1. The van der Waals surface area contributed by atoms with Crippen LogP contribution in [0.15, 0.2) is 35.4 Å². The summed E-state index contributed by atoms with van der Waals surface area (Å²) in [4.78, 5) is 34.6. The molecule has 7 heteroatoms. The third-order valence-electron chi connectivity index (χ3n) is 5.58. The quantitative estimate of drug-likeness (QED) is 0.704. The van der Waals surface area contributed by atoms with Gasteiger partial charge >= 0.3 is 0 Å². The number of hydrogen-bond donors (Lipinski definition) is 1. The number of piperazine rings is 1. The Labute approximate surface area is 162 Å². The number of aryl methyl sites for hydroxylation is 1. The first-order valence-electron chi connectivity index (χ1n) is 9.70. The van der Waals surface area contributed by atoms with E-state index in [1.807, 2.05) is 17.6 Å². The molecule has 4 rings (SSSR count). The monoisotopic (exact) mass is 380 g/mol. The van der Waals surface area contributed by atoms with Crippen molar-refractivity contribution in [1.82, 2.24) is 19.4 Å². The molecule has 3 heterocycles. The van der Waals surface area contributed by atoms with Crippen molar-refractivity contribution in [3.8, 4) is 5.75 Å². The van der Waals surface area contributed by atoms with Gasteiger partial charge in [0.2, 0.25) is 5.43 Å². The maximum atomic E-state index is 13.2. The summed E-state index contributed by atoms with van der Waals surface area (Å²) in [6, 6.07) is 5.05. The molecule has 1 saturated heterocycles.